The van der Waals surface area contributed by atoms with Crippen LogP contribution in [0.15, 0.2) is 0 Å². The van der Waals surface area contributed by atoms with Crippen LogP contribution in [-0.4, -0.2) is 35.5 Å². The Morgan fingerprint density at radius 2 is 1.63 bits per heavy atom. The molecule has 2 aliphatic heterocycles. The number of quaternary nitrogens is 2. The van der Waals surface area contributed by atoms with E-state index in [1.54, 1.807) is 4.90 Å². The molecule has 0 aromatic rings. The Hall–Kier alpha value is -0.410. The number of likely N-dealkylation sites (tertiary alicyclic amines) is 1. The molecule has 0 bridgehead atoms. The topological polar surface area (TPSA) is 38.1 Å². The molecule has 0 aromatic carbocycles. The van der Waals surface area contributed by atoms with Gasteiger partial charge in [-0.05, 0) is 41.5 Å². The zero-order valence-electron chi connectivity index (χ0n) is 13.5. The molecule has 0 aliphatic carbocycles. The number of nitrogens with two attached hydrogens (primary N) is 1. The smallest absolute Gasteiger partial charge is 0.147 e. The maximum Gasteiger partial charge on any atom is 0.147 e. The van der Waals surface area contributed by atoms with Crippen LogP contribution in [0.3, 0.4) is 0 Å². The summed E-state index contributed by atoms with van der Waals surface area (Å²) in [6, 6.07) is 1.19. The summed E-state index contributed by atoms with van der Waals surface area (Å²) in [6.45, 7) is 14.9. The molecule has 2 fully saturated rings. The van der Waals surface area contributed by atoms with Crippen molar-refractivity contribution in [1.82, 2.24) is 0 Å². The normalized spacial score (nSPS) is 39.3. The van der Waals surface area contributed by atoms with Gasteiger partial charge in [0.2, 0.25) is 0 Å². The fourth-order valence-corrected chi connectivity index (χ4v) is 4.68. The second-order valence-corrected chi connectivity index (χ2v) is 8.35. The van der Waals surface area contributed by atoms with E-state index in [0.29, 0.717) is 28.9 Å². The average molecular weight is 268 g/mol. The number of hydrogen-bond acceptors (Lipinski definition) is 1. The van der Waals surface area contributed by atoms with Gasteiger partial charge in [0.25, 0.3) is 0 Å². The molecule has 3 atom stereocenters. The summed E-state index contributed by atoms with van der Waals surface area (Å²) < 4.78 is 0. The van der Waals surface area contributed by atoms with Crippen molar-refractivity contribution < 1.29 is 15.0 Å². The highest BCUT2D eigenvalue weighted by atomic mass is 16.1. The number of nitrogens with one attached hydrogen (secondary N) is 1. The fraction of sp³-hybridized carbons (Fsp3) is 0.938. The lowest BCUT2D eigenvalue weighted by Gasteiger charge is -2.48. The molecule has 2 aliphatic rings. The van der Waals surface area contributed by atoms with Crippen LogP contribution in [0.25, 0.3) is 0 Å². The van der Waals surface area contributed by atoms with Crippen molar-refractivity contribution >= 4 is 5.78 Å². The largest absolute Gasteiger partial charge is 0.337 e. The number of Topliss-reactive ketones (excluding diaryl/α,β-unsaturated/α-hetero) is 1. The second-order valence-electron chi connectivity index (χ2n) is 8.35. The minimum Gasteiger partial charge on any atom is -0.337 e. The third-order valence-corrected chi connectivity index (χ3v) is 5.35. The lowest BCUT2D eigenvalue weighted by molar-refractivity contribution is -0.966. The van der Waals surface area contributed by atoms with Gasteiger partial charge in [-0.25, -0.2) is 0 Å². The molecule has 0 aromatic heterocycles. The molecule has 2 heterocycles. The van der Waals surface area contributed by atoms with Crippen LogP contribution in [0.1, 0.15) is 60.8 Å². The maximum absolute atomic E-state index is 11.9. The number of carbonyl (C=O) groups is 1. The number of rotatable bonds is 1. The maximum atomic E-state index is 11.9. The van der Waals surface area contributed by atoms with Crippen LogP contribution >= 0.6 is 0 Å². The monoisotopic (exact) mass is 268 g/mol. The predicted molar refractivity (Wildman–Crippen MR) is 77.2 cm³/mol. The Bertz CT molecular complexity index is 346. The number of ketones is 1. The van der Waals surface area contributed by atoms with Crippen molar-refractivity contribution in [1.29, 1.82) is 0 Å². The molecule has 2 saturated heterocycles. The first-order chi connectivity index (χ1) is 8.61. The Labute approximate surface area is 118 Å². The van der Waals surface area contributed by atoms with Crippen LogP contribution < -0.4 is 10.2 Å². The summed E-state index contributed by atoms with van der Waals surface area (Å²) in [4.78, 5) is 13.5. The molecule has 3 heteroatoms. The van der Waals surface area contributed by atoms with Gasteiger partial charge in [-0.3, -0.25) is 4.79 Å². The summed E-state index contributed by atoms with van der Waals surface area (Å²) in [6.07, 6.45) is 3.30. The predicted octanol–water partition coefficient (Wildman–Crippen LogP) is 0.152. The molecule has 0 radical (unpaired) electrons. The minimum atomic E-state index is 0.237. The van der Waals surface area contributed by atoms with Gasteiger partial charge in [-0.2, -0.15) is 0 Å². The van der Waals surface area contributed by atoms with Crippen molar-refractivity contribution in [3.63, 3.8) is 0 Å². The van der Waals surface area contributed by atoms with Gasteiger partial charge < -0.3 is 10.2 Å². The average Bonchev–Trinajstić information content (AvgIpc) is 2.21. The number of carbonyl (C=O) groups excluding carboxylic acids is 1. The first-order valence-electron chi connectivity index (χ1n) is 7.87. The summed E-state index contributed by atoms with van der Waals surface area (Å²) in [5.74, 6) is 0.707. The van der Waals surface area contributed by atoms with Crippen LogP contribution in [0.4, 0.5) is 0 Å². The first kappa shape index (κ1) is 15.0. The molecule has 0 spiro atoms. The highest BCUT2D eigenvalue weighted by Gasteiger charge is 2.48. The summed E-state index contributed by atoms with van der Waals surface area (Å²) >= 11 is 0. The molecule has 110 valence electrons. The number of piperidine rings is 2. The quantitative estimate of drug-likeness (QED) is 0.698. The lowest BCUT2D eigenvalue weighted by atomic mass is 9.77. The molecule has 0 amide bonds. The molecule has 3 N–H and O–H groups in total. The summed E-state index contributed by atoms with van der Waals surface area (Å²) in [7, 11) is 0. The van der Waals surface area contributed by atoms with E-state index >= 15 is 0 Å². The van der Waals surface area contributed by atoms with Crippen molar-refractivity contribution in [2.24, 2.45) is 5.92 Å². The SMILES string of the molecule is C[C@@H]1C(=O)CC[NH+](C2CC(C)(C)[NH2+]C(C)(C)C2)[C@@H]1C. The van der Waals surface area contributed by atoms with Gasteiger partial charge in [0, 0.05) is 0 Å². The second kappa shape index (κ2) is 4.85. The molecule has 1 unspecified atom stereocenters. The molecule has 3 nitrogen and oxygen atoms in total. The fourth-order valence-electron chi connectivity index (χ4n) is 4.68. The van der Waals surface area contributed by atoms with E-state index in [1.807, 2.05) is 0 Å². The van der Waals surface area contributed by atoms with Crippen molar-refractivity contribution in [3.8, 4) is 0 Å². The first-order valence-corrected chi connectivity index (χ1v) is 7.87. The van der Waals surface area contributed by atoms with Gasteiger partial charge in [-0.15, -0.1) is 0 Å². The van der Waals surface area contributed by atoms with Crippen LogP contribution in [0, 0.1) is 5.92 Å². The van der Waals surface area contributed by atoms with Crippen LogP contribution in [0.2, 0.25) is 0 Å². The van der Waals surface area contributed by atoms with Gasteiger partial charge in [0.15, 0.2) is 0 Å². The standard InChI is InChI=1S/C16H30N2O/c1-11-12(2)18(8-7-14(11)19)13-9-15(3,4)17-16(5,6)10-13/h11-13,17H,7-10H2,1-6H3/p+2/t11-,12+/m0/s1. The zero-order valence-corrected chi connectivity index (χ0v) is 13.5. The van der Waals surface area contributed by atoms with E-state index < -0.39 is 0 Å². The van der Waals surface area contributed by atoms with Crippen molar-refractivity contribution in [3.05, 3.63) is 0 Å². The van der Waals surface area contributed by atoms with Crippen molar-refractivity contribution in [2.75, 3.05) is 6.54 Å². The zero-order chi connectivity index (χ0) is 14.4. The highest BCUT2D eigenvalue weighted by Crippen LogP contribution is 2.21. The van der Waals surface area contributed by atoms with E-state index in [0.717, 1.165) is 13.0 Å². The third kappa shape index (κ3) is 3.19. The van der Waals surface area contributed by atoms with Gasteiger partial charge in [0.1, 0.15) is 5.78 Å². The number of hydrogen-bond donors (Lipinski definition) is 2. The Morgan fingerprint density at radius 1 is 1.11 bits per heavy atom. The summed E-state index contributed by atoms with van der Waals surface area (Å²) in [5, 5.41) is 2.54. The van der Waals surface area contributed by atoms with Gasteiger partial charge in [0.05, 0.1) is 54.9 Å². The lowest BCUT2D eigenvalue weighted by Crippen LogP contribution is -3.23. The third-order valence-electron chi connectivity index (χ3n) is 5.35. The van der Waals surface area contributed by atoms with E-state index in [9.17, 15) is 4.79 Å². The van der Waals surface area contributed by atoms with Gasteiger partial charge in [-0.1, -0.05) is 0 Å². The van der Waals surface area contributed by atoms with Crippen LogP contribution in [-0.2, 0) is 4.79 Å². The Morgan fingerprint density at radius 3 is 2.16 bits per heavy atom. The van der Waals surface area contributed by atoms with Crippen molar-refractivity contribution in [2.45, 2.75) is 84.0 Å². The molecule has 0 saturated carbocycles. The Balaban J connectivity index is 2.15. The Kier molecular flexibility index (Phi) is 3.83. The molecular weight excluding hydrogens is 236 g/mol. The van der Waals surface area contributed by atoms with E-state index in [4.69, 9.17) is 0 Å². The minimum absolute atomic E-state index is 0.237. The molecular formula is C16H32N2O+2. The molecule has 2 rings (SSSR count). The van der Waals surface area contributed by atoms with E-state index in [2.05, 4.69) is 46.9 Å². The van der Waals surface area contributed by atoms with E-state index in [-0.39, 0.29) is 5.92 Å². The van der Waals surface area contributed by atoms with E-state index in [1.165, 1.54) is 12.8 Å². The van der Waals surface area contributed by atoms with Crippen LogP contribution in [0.5, 0.6) is 0 Å². The molecule has 19 heavy (non-hydrogen) atoms. The van der Waals surface area contributed by atoms with Gasteiger partial charge >= 0.3 is 0 Å². The summed E-state index contributed by atoms with van der Waals surface area (Å²) in [5.41, 5.74) is 0.646. The highest BCUT2D eigenvalue weighted by molar-refractivity contribution is 5.81.